The zero-order valence-corrected chi connectivity index (χ0v) is 16.3. The van der Waals surface area contributed by atoms with Crippen molar-refractivity contribution in [2.45, 2.75) is 17.0 Å². The van der Waals surface area contributed by atoms with Gasteiger partial charge in [0.25, 0.3) is 5.91 Å². The SMILES string of the molecule is Cc1ccc(OCC(=O)Nc2nnc(SCc3ccccc3Cl)s2)cc1. The number of anilines is 1. The monoisotopic (exact) mass is 405 g/mol. The lowest BCUT2D eigenvalue weighted by Gasteiger charge is -2.05. The highest BCUT2D eigenvalue weighted by Crippen LogP contribution is 2.30. The van der Waals surface area contributed by atoms with Crippen LogP contribution in [0, 0.1) is 6.92 Å². The molecule has 0 unspecified atom stereocenters. The van der Waals surface area contributed by atoms with Gasteiger partial charge in [-0.1, -0.05) is 70.6 Å². The Balaban J connectivity index is 1.47. The molecule has 0 saturated carbocycles. The zero-order valence-electron chi connectivity index (χ0n) is 13.9. The molecule has 0 radical (unpaired) electrons. The third-order valence-electron chi connectivity index (χ3n) is 3.35. The van der Waals surface area contributed by atoms with Gasteiger partial charge in [0.2, 0.25) is 5.13 Å². The number of nitrogens with zero attached hydrogens (tertiary/aromatic N) is 2. The summed E-state index contributed by atoms with van der Waals surface area (Å²) in [6.07, 6.45) is 0. The fourth-order valence-corrected chi connectivity index (χ4v) is 4.07. The Kier molecular flexibility index (Phi) is 6.49. The van der Waals surface area contributed by atoms with Crippen molar-refractivity contribution in [3.63, 3.8) is 0 Å². The van der Waals surface area contributed by atoms with E-state index in [2.05, 4.69) is 15.5 Å². The second-order valence-electron chi connectivity index (χ2n) is 5.40. The van der Waals surface area contributed by atoms with E-state index in [4.69, 9.17) is 16.3 Å². The molecule has 0 bridgehead atoms. The molecule has 0 aliphatic heterocycles. The topological polar surface area (TPSA) is 64.1 Å². The Labute approximate surface area is 164 Å². The summed E-state index contributed by atoms with van der Waals surface area (Å²) < 4.78 is 6.21. The first kappa shape index (κ1) is 18.7. The Bertz CT molecular complexity index is 884. The van der Waals surface area contributed by atoms with Crippen molar-refractivity contribution in [2.24, 2.45) is 0 Å². The lowest BCUT2D eigenvalue weighted by Crippen LogP contribution is -2.20. The zero-order chi connectivity index (χ0) is 18.4. The highest BCUT2D eigenvalue weighted by Gasteiger charge is 2.10. The van der Waals surface area contributed by atoms with Gasteiger partial charge >= 0.3 is 0 Å². The molecule has 0 saturated heterocycles. The molecule has 1 N–H and O–H groups in total. The van der Waals surface area contributed by atoms with Gasteiger partial charge in [-0.25, -0.2) is 0 Å². The van der Waals surface area contributed by atoms with Gasteiger partial charge < -0.3 is 4.74 Å². The number of rotatable bonds is 7. The van der Waals surface area contributed by atoms with Crippen molar-refractivity contribution in [3.8, 4) is 5.75 Å². The average Bonchev–Trinajstić information content (AvgIpc) is 3.08. The summed E-state index contributed by atoms with van der Waals surface area (Å²) in [6.45, 7) is 1.91. The van der Waals surface area contributed by atoms with Gasteiger partial charge in [0.15, 0.2) is 10.9 Å². The van der Waals surface area contributed by atoms with Crippen LogP contribution in [0.5, 0.6) is 5.75 Å². The normalized spacial score (nSPS) is 10.5. The van der Waals surface area contributed by atoms with Crippen LogP contribution in [0.1, 0.15) is 11.1 Å². The van der Waals surface area contributed by atoms with Crippen LogP contribution in [0.15, 0.2) is 52.9 Å². The number of aromatic nitrogens is 2. The van der Waals surface area contributed by atoms with E-state index >= 15 is 0 Å². The fraction of sp³-hybridized carbons (Fsp3) is 0.167. The van der Waals surface area contributed by atoms with Crippen LogP contribution in [0.25, 0.3) is 0 Å². The Morgan fingerprint density at radius 2 is 1.96 bits per heavy atom. The third kappa shape index (κ3) is 5.45. The van der Waals surface area contributed by atoms with Crippen LogP contribution in [-0.4, -0.2) is 22.7 Å². The van der Waals surface area contributed by atoms with E-state index in [1.54, 1.807) is 0 Å². The lowest BCUT2D eigenvalue weighted by atomic mass is 10.2. The maximum atomic E-state index is 12.0. The number of hydrogen-bond donors (Lipinski definition) is 1. The second kappa shape index (κ2) is 9.02. The minimum absolute atomic E-state index is 0.0786. The molecule has 0 fully saturated rings. The maximum Gasteiger partial charge on any atom is 0.264 e. The summed E-state index contributed by atoms with van der Waals surface area (Å²) >= 11 is 8.99. The molecule has 0 spiro atoms. The smallest absolute Gasteiger partial charge is 0.264 e. The summed E-state index contributed by atoms with van der Waals surface area (Å²) in [5.41, 5.74) is 2.17. The van der Waals surface area contributed by atoms with Crippen LogP contribution < -0.4 is 10.1 Å². The summed E-state index contributed by atoms with van der Waals surface area (Å²) in [7, 11) is 0. The molecule has 1 aromatic heterocycles. The van der Waals surface area contributed by atoms with Crippen LogP contribution in [0.2, 0.25) is 5.02 Å². The largest absolute Gasteiger partial charge is 0.484 e. The summed E-state index contributed by atoms with van der Waals surface area (Å²) in [5, 5.41) is 11.9. The first-order chi connectivity index (χ1) is 12.6. The molecule has 0 aliphatic rings. The summed E-state index contributed by atoms with van der Waals surface area (Å²) in [4.78, 5) is 12.0. The van der Waals surface area contributed by atoms with Gasteiger partial charge in [-0.2, -0.15) is 0 Å². The number of hydrogen-bond acceptors (Lipinski definition) is 6. The maximum absolute atomic E-state index is 12.0. The van der Waals surface area contributed by atoms with Gasteiger partial charge in [0.05, 0.1) is 0 Å². The summed E-state index contributed by atoms with van der Waals surface area (Å²) in [6, 6.07) is 15.2. The van der Waals surface area contributed by atoms with E-state index in [1.807, 2.05) is 55.5 Å². The number of nitrogens with one attached hydrogen (secondary N) is 1. The van der Waals surface area contributed by atoms with Crippen LogP contribution in [-0.2, 0) is 10.5 Å². The fourth-order valence-electron chi connectivity index (χ4n) is 2.01. The van der Waals surface area contributed by atoms with Crippen molar-refractivity contribution in [3.05, 3.63) is 64.7 Å². The van der Waals surface area contributed by atoms with Gasteiger partial charge in [-0.15, -0.1) is 10.2 Å². The predicted molar refractivity (Wildman–Crippen MR) is 106 cm³/mol. The van der Waals surface area contributed by atoms with E-state index in [0.29, 0.717) is 16.6 Å². The number of amides is 1. The van der Waals surface area contributed by atoms with E-state index in [9.17, 15) is 4.79 Å². The van der Waals surface area contributed by atoms with E-state index in [0.717, 1.165) is 20.5 Å². The molecular formula is C18H16ClN3O2S2. The molecular weight excluding hydrogens is 390 g/mol. The third-order valence-corrected chi connectivity index (χ3v) is 5.74. The first-order valence-electron chi connectivity index (χ1n) is 7.79. The molecule has 8 heteroatoms. The predicted octanol–water partition coefficient (Wildman–Crippen LogP) is 4.81. The van der Waals surface area contributed by atoms with E-state index in [-0.39, 0.29) is 12.5 Å². The number of carbonyl (C=O) groups excluding carboxylic acids is 1. The first-order valence-corrected chi connectivity index (χ1v) is 9.97. The van der Waals surface area contributed by atoms with Crippen molar-refractivity contribution in [2.75, 3.05) is 11.9 Å². The number of carbonyl (C=O) groups is 1. The van der Waals surface area contributed by atoms with Crippen LogP contribution in [0.3, 0.4) is 0 Å². The number of benzene rings is 2. The second-order valence-corrected chi connectivity index (χ2v) is 8.01. The van der Waals surface area contributed by atoms with Gasteiger partial charge in [-0.3, -0.25) is 10.1 Å². The molecule has 0 aliphatic carbocycles. The Morgan fingerprint density at radius 3 is 2.73 bits per heavy atom. The van der Waals surface area contributed by atoms with Crippen LogP contribution >= 0.6 is 34.7 Å². The molecule has 1 heterocycles. The highest BCUT2D eigenvalue weighted by atomic mass is 35.5. The molecule has 1 amide bonds. The number of halogens is 1. The van der Waals surface area contributed by atoms with Gasteiger partial charge in [-0.05, 0) is 30.7 Å². The quantitative estimate of drug-likeness (QED) is 0.451. The molecule has 0 atom stereocenters. The van der Waals surface area contributed by atoms with Crippen molar-refractivity contribution >= 4 is 45.7 Å². The molecule has 5 nitrogen and oxygen atoms in total. The lowest BCUT2D eigenvalue weighted by molar-refractivity contribution is -0.118. The molecule has 3 aromatic rings. The van der Waals surface area contributed by atoms with Crippen LogP contribution in [0.4, 0.5) is 5.13 Å². The van der Waals surface area contributed by atoms with Crippen molar-refractivity contribution < 1.29 is 9.53 Å². The molecule has 2 aromatic carbocycles. The average molecular weight is 406 g/mol. The minimum atomic E-state index is -0.274. The Morgan fingerprint density at radius 1 is 1.19 bits per heavy atom. The van der Waals surface area contributed by atoms with E-state index in [1.165, 1.54) is 23.1 Å². The van der Waals surface area contributed by atoms with Gasteiger partial charge in [0, 0.05) is 10.8 Å². The van der Waals surface area contributed by atoms with E-state index < -0.39 is 0 Å². The molecule has 3 rings (SSSR count). The summed E-state index contributed by atoms with van der Waals surface area (Å²) in [5.74, 6) is 1.07. The number of ether oxygens (including phenoxy) is 1. The molecule has 26 heavy (non-hydrogen) atoms. The number of thioether (sulfide) groups is 1. The van der Waals surface area contributed by atoms with Crippen molar-refractivity contribution in [1.82, 2.24) is 10.2 Å². The highest BCUT2D eigenvalue weighted by molar-refractivity contribution is 8.00. The van der Waals surface area contributed by atoms with Gasteiger partial charge in [0.1, 0.15) is 5.75 Å². The van der Waals surface area contributed by atoms with Crippen molar-refractivity contribution in [1.29, 1.82) is 0 Å². The molecule has 134 valence electrons. The minimum Gasteiger partial charge on any atom is -0.484 e. The Hall–Kier alpha value is -2.09. The number of aryl methyl sites for hydroxylation is 1. The standard InChI is InChI=1S/C18H16ClN3O2S2/c1-12-6-8-14(9-7-12)24-10-16(23)20-17-21-22-18(26-17)25-11-13-4-2-3-5-15(13)19/h2-9H,10-11H2,1H3,(H,20,21,23).